The van der Waals surface area contributed by atoms with Crippen molar-refractivity contribution in [3.8, 4) is 17.0 Å². The summed E-state index contributed by atoms with van der Waals surface area (Å²) in [6.45, 7) is 7.70. The molecule has 0 unspecified atom stereocenters. The molecule has 0 radical (unpaired) electrons. The SMILES string of the molecule is CC(C)(C)OC(=O)NC[C@@H]1CCCN(c2ccc(-c3c(O)cc(Cl)cc3Cl)nn2)C1. The third-order valence-electron chi connectivity index (χ3n) is 4.72. The van der Waals surface area contributed by atoms with Gasteiger partial charge in [0.1, 0.15) is 11.4 Å². The van der Waals surface area contributed by atoms with E-state index in [1.165, 1.54) is 6.07 Å². The quantitative estimate of drug-likeness (QED) is 0.685. The van der Waals surface area contributed by atoms with E-state index in [1.807, 2.05) is 26.8 Å². The molecule has 0 saturated carbocycles. The first-order valence-electron chi connectivity index (χ1n) is 9.86. The van der Waals surface area contributed by atoms with Crippen molar-refractivity contribution in [2.75, 3.05) is 24.5 Å². The lowest BCUT2D eigenvalue weighted by atomic mass is 9.98. The third kappa shape index (κ3) is 5.89. The molecule has 0 aliphatic carbocycles. The Balaban J connectivity index is 1.63. The molecule has 30 heavy (non-hydrogen) atoms. The van der Waals surface area contributed by atoms with Crippen molar-refractivity contribution in [2.45, 2.75) is 39.2 Å². The first-order chi connectivity index (χ1) is 14.1. The highest BCUT2D eigenvalue weighted by molar-refractivity contribution is 6.36. The van der Waals surface area contributed by atoms with Gasteiger partial charge in [-0.25, -0.2) is 4.79 Å². The number of carbonyl (C=O) groups is 1. The lowest BCUT2D eigenvalue weighted by molar-refractivity contribution is 0.0517. The Kier molecular flexibility index (Phi) is 6.93. The summed E-state index contributed by atoms with van der Waals surface area (Å²) in [6.07, 6.45) is 1.61. The number of rotatable bonds is 4. The second kappa shape index (κ2) is 9.27. The van der Waals surface area contributed by atoms with E-state index in [9.17, 15) is 9.90 Å². The molecule has 0 spiro atoms. The molecule has 1 aromatic carbocycles. The third-order valence-corrected chi connectivity index (χ3v) is 5.23. The predicted octanol–water partition coefficient (Wildman–Crippen LogP) is 4.90. The summed E-state index contributed by atoms with van der Waals surface area (Å²) in [4.78, 5) is 14.0. The zero-order valence-electron chi connectivity index (χ0n) is 17.3. The van der Waals surface area contributed by atoms with Crippen LogP contribution < -0.4 is 10.2 Å². The van der Waals surface area contributed by atoms with E-state index < -0.39 is 11.7 Å². The summed E-state index contributed by atoms with van der Waals surface area (Å²) in [5.74, 6) is 0.994. The van der Waals surface area contributed by atoms with Crippen molar-refractivity contribution < 1.29 is 14.6 Å². The number of phenolic OH excluding ortho intramolecular Hbond substituents is 1. The van der Waals surface area contributed by atoms with E-state index in [1.54, 1.807) is 12.1 Å². The summed E-state index contributed by atoms with van der Waals surface area (Å²) >= 11 is 12.1. The molecular formula is C21H26Cl2N4O3. The fraction of sp³-hybridized carbons (Fsp3) is 0.476. The number of nitrogens with zero attached hydrogens (tertiary/aromatic N) is 3. The minimum Gasteiger partial charge on any atom is -0.507 e. The number of aromatic hydroxyl groups is 1. The minimum absolute atomic E-state index is 0.0409. The van der Waals surface area contributed by atoms with Gasteiger partial charge in [-0.2, -0.15) is 0 Å². The Morgan fingerprint density at radius 3 is 2.70 bits per heavy atom. The summed E-state index contributed by atoms with van der Waals surface area (Å²) in [5.41, 5.74) is 0.359. The molecule has 9 heteroatoms. The van der Waals surface area contributed by atoms with Crippen LogP contribution in [0.1, 0.15) is 33.6 Å². The molecular weight excluding hydrogens is 427 g/mol. The number of anilines is 1. The number of halogens is 2. The van der Waals surface area contributed by atoms with Crippen molar-refractivity contribution in [1.82, 2.24) is 15.5 Å². The lowest BCUT2D eigenvalue weighted by Crippen LogP contribution is -2.42. The molecule has 7 nitrogen and oxygen atoms in total. The minimum atomic E-state index is -0.512. The highest BCUT2D eigenvalue weighted by atomic mass is 35.5. The molecule has 1 aliphatic rings. The van der Waals surface area contributed by atoms with Crippen LogP contribution in [0.15, 0.2) is 24.3 Å². The fourth-order valence-electron chi connectivity index (χ4n) is 3.42. The number of hydrogen-bond acceptors (Lipinski definition) is 6. The topological polar surface area (TPSA) is 87.6 Å². The number of alkyl carbamates (subject to hydrolysis) is 1. The van der Waals surface area contributed by atoms with Gasteiger partial charge in [-0.3, -0.25) is 0 Å². The maximum absolute atomic E-state index is 11.9. The average Bonchev–Trinajstić information content (AvgIpc) is 2.65. The molecule has 1 amide bonds. The van der Waals surface area contributed by atoms with Gasteiger partial charge in [0.05, 0.1) is 16.3 Å². The van der Waals surface area contributed by atoms with Crippen LogP contribution in [0.25, 0.3) is 11.3 Å². The van der Waals surface area contributed by atoms with Gasteiger partial charge in [-0.05, 0) is 63.8 Å². The van der Waals surface area contributed by atoms with E-state index in [-0.39, 0.29) is 5.75 Å². The van der Waals surface area contributed by atoms with Crippen molar-refractivity contribution in [3.05, 3.63) is 34.3 Å². The zero-order chi connectivity index (χ0) is 21.9. The number of amides is 1. The molecule has 1 aromatic heterocycles. The van der Waals surface area contributed by atoms with Crippen molar-refractivity contribution in [2.24, 2.45) is 5.92 Å². The van der Waals surface area contributed by atoms with Gasteiger partial charge in [0.25, 0.3) is 0 Å². The zero-order valence-corrected chi connectivity index (χ0v) is 18.8. The Hall–Kier alpha value is -2.25. The molecule has 3 rings (SSSR count). The summed E-state index contributed by atoms with van der Waals surface area (Å²) in [5, 5.41) is 22.2. The number of phenols is 1. The van der Waals surface area contributed by atoms with Crippen LogP contribution in [0.5, 0.6) is 5.75 Å². The maximum Gasteiger partial charge on any atom is 0.407 e. The number of ether oxygens (including phenoxy) is 1. The first-order valence-corrected chi connectivity index (χ1v) is 10.6. The number of hydrogen-bond donors (Lipinski definition) is 2. The molecule has 2 heterocycles. The van der Waals surface area contributed by atoms with Crippen molar-refractivity contribution >= 4 is 35.1 Å². The second-order valence-electron chi connectivity index (χ2n) is 8.40. The predicted molar refractivity (Wildman–Crippen MR) is 118 cm³/mol. The maximum atomic E-state index is 11.9. The molecule has 1 fully saturated rings. The molecule has 2 N–H and O–H groups in total. The van der Waals surface area contributed by atoms with E-state index in [0.717, 1.165) is 31.7 Å². The molecule has 0 bridgehead atoms. The molecule has 1 saturated heterocycles. The average molecular weight is 453 g/mol. The summed E-state index contributed by atoms with van der Waals surface area (Å²) in [6, 6.07) is 6.61. The second-order valence-corrected chi connectivity index (χ2v) is 9.24. The van der Waals surface area contributed by atoms with Crippen LogP contribution in [0.3, 0.4) is 0 Å². The van der Waals surface area contributed by atoms with Crippen molar-refractivity contribution in [3.63, 3.8) is 0 Å². The number of nitrogens with one attached hydrogen (secondary N) is 1. The molecule has 162 valence electrons. The van der Waals surface area contributed by atoms with E-state index >= 15 is 0 Å². The van der Waals surface area contributed by atoms with Gasteiger partial charge >= 0.3 is 6.09 Å². The highest BCUT2D eigenvalue weighted by Crippen LogP contribution is 2.37. The van der Waals surface area contributed by atoms with Crippen molar-refractivity contribution in [1.29, 1.82) is 0 Å². The van der Waals surface area contributed by atoms with Gasteiger partial charge in [-0.15, -0.1) is 10.2 Å². The van der Waals surface area contributed by atoms with Crippen LogP contribution >= 0.6 is 23.2 Å². The Bertz CT molecular complexity index is 877. The van der Waals surface area contributed by atoms with E-state index in [2.05, 4.69) is 20.4 Å². The van der Waals surface area contributed by atoms with Crippen LogP contribution in [0.2, 0.25) is 10.0 Å². The molecule has 1 atom stereocenters. The van der Waals surface area contributed by atoms with Crippen LogP contribution in [-0.4, -0.2) is 46.6 Å². The Morgan fingerprint density at radius 2 is 2.07 bits per heavy atom. The van der Waals surface area contributed by atoms with E-state index in [0.29, 0.717) is 33.8 Å². The Labute approximate surface area is 186 Å². The van der Waals surface area contributed by atoms with Gasteiger partial charge in [0, 0.05) is 24.7 Å². The summed E-state index contributed by atoms with van der Waals surface area (Å²) < 4.78 is 5.30. The summed E-state index contributed by atoms with van der Waals surface area (Å²) in [7, 11) is 0. The monoisotopic (exact) mass is 452 g/mol. The van der Waals surface area contributed by atoms with Gasteiger partial charge in [-0.1, -0.05) is 23.2 Å². The van der Waals surface area contributed by atoms with Gasteiger partial charge in [0.15, 0.2) is 5.82 Å². The van der Waals surface area contributed by atoms with Crippen LogP contribution in [0.4, 0.5) is 10.6 Å². The molecule has 1 aliphatic heterocycles. The van der Waals surface area contributed by atoms with Crippen LogP contribution in [0, 0.1) is 5.92 Å². The normalized spacial score (nSPS) is 17.0. The highest BCUT2D eigenvalue weighted by Gasteiger charge is 2.23. The standard InChI is InChI=1S/C21H26Cl2N4O3/c1-21(2,3)30-20(29)24-11-13-5-4-8-27(12-13)18-7-6-16(25-26-18)19-15(23)9-14(22)10-17(19)28/h6-7,9-10,13,28H,4-5,8,11-12H2,1-3H3,(H,24,29)/t13-/m0/s1. The number of carbonyl (C=O) groups excluding carboxylic acids is 1. The van der Waals surface area contributed by atoms with Gasteiger partial charge in [0.2, 0.25) is 0 Å². The number of piperidine rings is 1. The number of aromatic nitrogens is 2. The molecule has 2 aromatic rings. The lowest BCUT2D eigenvalue weighted by Gasteiger charge is -2.33. The largest absolute Gasteiger partial charge is 0.507 e. The smallest absolute Gasteiger partial charge is 0.407 e. The Morgan fingerprint density at radius 1 is 1.30 bits per heavy atom. The van der Waals surface area contributed by atoms with Crippen LogP contribution in [-0.2, 0) is 4.74 Å². The van der Waals surface area contributed by atoms with Gasteiger partial charge < -0.3 is 20.1 Å². The number of benzene rings is 1. The fourth-order valence-corrected chi connectivity index (χ4v) is 4.00. The first kappa shape index (κ1) is 22.4. The van der Waals surface area contributed by atoms with E-state index in [4.69, 9.17) is 27.9 Å².